The Morgan fingerprint density at radius 2 is 1.68 bits per heavy atom. The van der Waals surface area contributed by atoms with E-state index in [9.17, 15) is 19.8 Å². The summed E-state index contributed by atoms with van der Waals surface area (Å²) in [6.07, 6.45) is 0. The number of carbonyl (C=O) groups is 2. The number of carboxylic acid groups (broad SMARTS) is 1. The van der Waals surface area contributed by atoms with E-state index < -0.39 is 29.9 Å². The number of rotatable bonds is 6. The molecule has 5 rings (SSSR count). The molecule has 1 saturated heterocycles. The Labute approximate surface area is 195 Å². The number of carboxylic acids is 1. The number of hydrogen-bond donors (Lipinski definition) is 3. The maximum Gasteiger partial charge on any atom is 0.320 e. The van der Waals surface area contributed by atoms with E-state index in [2.05, 4.69) is 5.32 Å². The first-order valence-electron chi connectivity index (χ1n) is 10.9. The van der Waals surface area contributed by atoms with Gasteiger partial charge in [-0.15, -0.1) is 0 Å². The molecule has 0 bridgehead atoms. The summed E-state index contributed by atoms with van der Waals surface area (Å²) in [5, 5.41) is 23.1. The van der Waals surface area contributed by atoms with Crippen molar-refractivity contribution >= 4 is 11.9 Å². The minimum atomic E-state index is -1.00. The Bertz CT molecular complexity index is 1140. The summed E-state index contributed by atoms with van der Waals surface area (Å²) in [6.45, 7) is 1.77. The van der Waals surface area contributed by atoms with Gasteiger partial charge in [0.15, 0.2) is 23.0 Å². The number of methoxy groups -OCH3 is 2. The second-order valence-corrected chi connectivity index (χ2v) is 8.61. The number of phenols is 1. The highest BCUT2D eigenvalue weighted by molar-refractivity contribution is 5.79. The number of fused-ring (bicyclic) bond motifs is 3. The molecule has 1 unspecified atom stereocenters. The molecule has 5 atom stereocenters. The van der Waals surface area contributed by atoms with Crippen molar-refractivity contribution in [3.05, 3.63) is 41.0 Å². The SMILES string of the molecule is COc1cc([C@@H]2c3cc4c(cc3[C@@H](NC(C)C(=O)O)[C@H]3COC(=O)[C@H]23)OCO4)cc(OC)c1O. The van der Waals surface area contributed by atoms with Crippen LogP contribution in [0.1, 0.15) is 35.6 Å². The number of benzene rings is 2. The van der Waals surface area contributed by atoms with Gasteiger partial charge >= 0.3 is 11.9 Å². The van der Waals surface area contributed by atoms with E-state index in [1.54, 1.807) is 19.1 Å². The van der Waals surface area contributed by atoms with Crippen molar-refractivity contribution in [2.24, 2.45) is 11.8 Å². The van der Waals surface area contributed by atoms with Gasteiger partial charge in [0.05, 0.1) is 26.7 Å². The van der Waals surface area contributed by atoms with Crippen LogP contribution in [0.15, 0.2) is 24.3 Å². The number of aromatic hydroxyl groups is 1. The Hall–Kier alpha value is -3.66. The van der Waals surface area contributed by atoms with Crippen LogP contribution in [-0.4, -0.2) is 55.8 Å². The predicted molar refractivity (Wildman–Crippen MR) is 117 cm³/mol. The summed E-state index contributed by atoms with van der Waals surface area (Å²) < 4.78 is 27.4. The second kappa shape index (κ2) is 8.28. The van der Waals surface area contributed by atoms with Gasteiger partial charge in [0.25, 0.3) is 0 Å². The lowest BCUT2D eigenvalue weighted by molar-refractivity contribution is -0.141. The summed E-state index contributed by atoms with van der Waals surface area (Å²) in [6, 6.07) is 5.69. The lowest BCUT2D eigenvalue weighted by atomic mass is 9.65. The fourth-order valence-corrected chi connectivity index (χ4v) is 5.21. The molecule has 0 saturated carbocycles. The Morgan fingerprint density at radius 3 is 2.26 bits per heavy atom. The molecule has 2 aromatic rings. The van der Waals surface area contributed by atoms with Crippen molar-refractivity contribution in [2.45, 2.75) is 24.9 Å². The van der Waals surface area contributed by atoms with Gasteiger partial charge in [-0.05, 0) is 47.9 Å². The van der Waals surface area contributed by atoms with Gasteiger partial charge in [0.1, 0.15) is 6.04 Å². The fourth-order valence-electron chi connectivity index (χ4n) is 5.21. The topological polar surface area (TPSA) is 133 Å². The molecule has 10 heteroatoms. The molecular weight excluding hydrogens is 446 g/mol. The first kappa shape index (κ1) is 22.1. The number of phenolic OH excluding ortho intramolecular Hbond substituents is 1. The summed E-state index contributed by atoms with van der Waals surface area (Å²) in [4.78, 5) is 24.7. The third kappa shape index (κ3) is 3.37. The maximum atomic E-state index is 13.0. The third-order valence-corrected chi connectivity index (χ3v) is 6.85. The van der Waals surface area contributed by atoms with Crippen LogP contribution in [0.2, 0.25) is 0 Å². The van der Waals surface area contributed by atoms with Crippen LogP contribution >= 0.6 is 0 Å². The van der Waals surface area contributed by atoms with Gasteiger partial charge in [-0.3, -0.25) is 14.9 Å². The molecular formula is C24H25NO9. The molecule has 0 spiro atoms. The van der Waals surface area contributed by atoms with Crippen molar-refractivity contribution in [3.8, 4) is 28.7 Å². The van der Waals surface area contributed by atoms with Gasteiger partial charge < -0.3 is 33.9 Å². The Morgan fingerprint density at radius 1 is 1.06 bits per heavy atom. The van der Waals surface area contributed by atoms with Crippen molar-refractivity contribution < 1.29 is 43.5 Å². The standard InChI is InChI=1S/C24H25NO9/c1-10(23(27)28)25-21-13-7-16-15(33-9-34-16)6-12(13)19(20-14(21)8-32-24(20)29)11-4-17(30-2)22(26)18(5-11)31-3/h4-7,10,14,19-21,25-26H,8-9H2,1-3H3,(H,27,28)/t10?,14-,19+,20-,21+/m0/s1. The van der Waals surface area contributed by atoms with Gasteiger partial charge in [-0.25, -0.2) is 0 Å². The van der Waals surface area contributed by atoms with Crippen molar-refractivity contribution in [1.29, 1.82) is 0 Å². The first-order chi connectivity index (χ1) is 16.3. The molecule has 2 heterocycles. The normalized spacial score (nSPS) is 25.2. The first-order valence-corrected chi connectivity index (χ1v) is 10.9. The van der Waals surface area contributed by atoms with E-state index in [-0.39, 0.29) is 42.5 Å². The zero-order valence-electron chi connectivity index (χ0n) is 18.9. The number of hydrogen-bond acceptors (Lipinski definition) is 9. The molecule has 2 aromatic carbocycles. The number of ether oxygens (including phenoxy) is 5. The van der Waals surface area contributed by atoms with Crippen LogP contribution in [0.25, 0.3) is 0 Å². The van der Waals surface area contributed by atoms with E-state index in [0.29, 0.717) is 17.1 Å². The molecule has 3 N–H and O–H groups in total. The van der Waals surface area contributed by atoms with Gasteiger partial charge in [-0.2, -0.15) is 0 Å². The zero-order valence-corrected chi connectivity index (χ0v) is 18.9. The Kier molecular flexibility index (Phi) is 5.40. The molecule has 0 amide bonds. The maximum absolute atomic E-state index is 13.0. The molecule has 2 aliphatic heterocycles. The average molecular weight is 471 g/mol. The number of esters is 1. The number of aliphatic carboxylic acids is 1. The van der Waals surface area contributed by atoms with Gasteiger partial charge in [0, 0.05) is 17.9 Å². The van der Waals surface area contributed by atoms with Crippen LogP contribution in [0.4, 0.5) is 0 Å². The minimum Gasteiger partial charge on any atom is -0.502 e. The van der Waals surface area contributed by atoms with Crippen LogP contribution < -0.4 is 24.3 Å². The van der Waals surface area contributed by atoms with Gasteiger partial charge in [0.2, 0.25) is 12.5 Å². The number of carbonyl (C=O) groups excluding carboxylic acids is 1. The number of cyclic esters (lactones) is 1. The molecule has 180 valence electrons. The summed E-state index contributed by atoms with van der Waals surface area (Å²) in [5.41, 5.74) is 2.26. The van der Waals surface area contributed by atoms with E-state index >= 15 is 0 Å². The van der Waals surface area contributed by atoms with Crippen molar-refractivity contribution in [3.63, 3.8) is 0 Å². The van der Waals surface area contributed by atoms with E-state index in [1.807, 2.05) is 12.1 Å². The molecule has 0 aromatic heterocycles. The molecule has 1 aliphatic carbocycles. The highest BCUT2D eigenvalue weighted by Crippen LogP contribution is 2.55. The zero-order chi connectivity index (χ0) is 24.1. The predicted octanol–water partition coefficient (Wildman–Crippen LogP) is 2.18. The fraction of sp³-hybridized carbons (Fsp3) is 0.417. The van der Waals surface area contributed by atoms with Crippen LogP contribution in [0, 0.1) is 11.8 Å². The molecule has 1 fully saturated rings. The van der Waals surface area contributed by atoms with E-state index in [4.69, 9.17) is 23.7 Å². The van der Waals surface area contributed by atoms with Crippen LogP contribution in [0.5, 0.6) is 28.7 Å². The van der Waals surface area contributed by atoms with Crippen molar-refractivity contribution in [2.75, 3.05) is 27.6 Å². The molecule has 0 radical (unpaired) electrons. The largest absolute Gasteiger partial charge is 0.502 e. The summed E-state index contributed by atoms with van der Waals surface area (Å²) in [7, 11) is 2.87. The Balaban J connectivity index is 1.73. The third-order valence-electron chi connectivity index (χ3n) is 6.85. The highest BCUT2D eigenvalue weighted by Gasteiger charge is 2.53. The quantitative estimate of drug-likeness (QED) is 0.539. The lowest BCUT2D eigenvalue weighted by Gasteiger charge is -2.40. The van der Waals surface area contributed by atoms with Crippen LogP contribution in [0.3, 0.4) is 0 Å². The lowest BCUT2D eigenvalue weighted by Crippen LogP contribution is -2.45. The van der Waals surface area contributed by atoms with E-state index in [0.717, 1.165) is 11.1 Å². The molecule has 3 aliphatic rings. The van der Waals surface area contributed by atoms with E-state index in [1.165, 1.54) is 14.2 Å². The second-order valence-electron chi connectivity index (χ2n) is 8.61. The highest BCUT2D eigenvalue weighted by atomic mass is 16.7. The molecule has 34 heavy (non-hydrogen) atoms. The van der Waals surface area contributed by atoms with Crippen LogP contribution in [-0.2, 0) is 14.3 Å². The average Bonchev–Trinajstić information content (AvgIpc) is 3.44. The minimum absolute atomic E-state index is 0.0717. The smallest absolute Gasteiger partial charge is 0.320 e. The summed E-state index contributed by atoms with van der Waals surface area (Å²) in [5.74, 6) is -1.43. The van der Waals surface area contributed by atoms with Gasteiger partial charge in [-0.1, -0.05) is 0 Å². The summed E-state index contributed by atoms with van der Waals surface area (Å²) >= 11 is 0. The number of nitrogens with one attached hydrogen (secondary N) is 1. The molecule has 10 nitrogen and oxygen atoms in total. The van der Waals surface area contributed by atoms with Crippen molar-refractivity contribution in [1.82, 2.24) is 5.32 Å². The monoisotopic (exact) mass is 471 g/mol.